The van der Waals surface area contributed by atoms with Crippen LogP contribution in [0.15, 0.2) is 60.7 Å². The molecule has 1 spiro atoms. The van der Waals surface area contributed by atoms with Gasteiger partial charge >= 0.3 is 0 Å². The van der Waals surface area contributed by atoms with E-state index in [-0.39, 0.29) is 30.3 Å². The van der Waals surface area contributed by atoms with Crippen molar-refractivity contribution in [3.8, 4) is 5.75 Å². The lowest BCUT2D eigenvalue weighted by atomic mass is 9.74. The van der Waals surface area contributed by atoms with Crippen molar-refractivity contribution in [2.75, 3.05) is 12.4 Å². The fourth-order valence-electron chi connectivity index (χ4n) is 6.75. The van der Waals surface area contributed by atoms with Crippen molar-refractivity contribution < 1.29 is 23.9 Å². The molecule has 8 nitrogen and oxygen atoms in total. The van der Waals surface area contributed by atoms with Gasteiger partial charge in [0.2, 0.25) is 17.7 Å². The first-order valence-corrected chi connectivity index (χ1v) is 13.9. The molecule has 39 heavy (non-hydrogen) atoms. The molecule has 2 aromatic rings. The second-order valence-corrected chi connectivity index (χ2v) is 11.2. The molecule has 2 N–H and O–H groups in total. The number of fused-ring (bicyclic) bond motifs is 1. The Labute approximate surface area is 228 Å². The van der Waals surface area contributed by atoms with Gasteiger partial charge in [0.1, 0.15) is 17.4 Å². The lowest BCUT2D eigenvalue weighted by Crippen LogP contribution is -2.56. The second-order valence-electron chi connectivity index (χ2n) is 11.2. The zero-order valence-corrected chi connectivity index (χ0v) is 22.4. The number of carbonyl (C=O) groups excluding carboxylic acids is 3. The minimum Gasteiger partial charge on any atom is -0.497 e. The van der Waals surface area contributed by atoms with Crippen LogP contribution in [-0.2, 0) is 25.7 Å². The van der Waals surface area contributed by atoms with E-state index < -0.39 is 29.6 Å². The van der Waals surface area contributed by atoms with Crippen LogP contribution in [0.25, 0.3) is 0 Å². The molecule has 2 saturated heterocycles. The van der Waals surface area contributed by atoms with E-state index in [9.17, 15) is 14.4 Å². The summed E-state index contributed by atoms with van der Waals surface area (Å²) in [5, 5.41) is 6.20. The quantitative estimate of drug-likeness (QED) is 0.533. The van der Waals surface area contributed by atoms with Crippen molar-refractivity contribution in [1.82, 2.24) is 10.2 Å². The Kier molecular flexibility index (Phi) is 6.67. The molecule has 0 aromatic heterocycles. The lowest BCUT2D eigenvalue weighted by Gasteiger charge is -2.34. The Morgan fingerprint density at radius 3 is 2.44 bits per heavy atom. The number of rotatable bonds is 7. The van der Waals surface area contributed by atoms with Crippen molar-refractivity contribution in [3.63, 3.8) is 0 Å². The average Bonchev–Trinajstić information content (AvgIpc) is 3.58. The number of ether oxygens (including phenoxy) is 2. The van der Waals surface area contributed by atoms with Crippen molar-refractivity contribution in [2.45, 2.75) is 69.4 Å². The summed E-state index contributed by atoms with van der Waals surface area (Å²) in [6.07, 6.45) is 8.35. The third-order valence-electron chi connectivity index (χ3n) is 8.71. The van der Waals surface area contributed by atoms with Crippen LogP contribution in [0, 0.1) is 18.8 Å². The molecule has 6 rings (SSSR count). The highest BCUT2D eigenvalue weighted by atomic mass is 16.5. The van der Waals surface area contributed by atoms with Crippen LogP contribution in [0.2, 0.25) is 0 Å². The molecule has 0 unspecified atom stereocenters. The Morgan fingerprint density at radius 1 is 1.03 bits per heavy atom. The van der Waals surface area contributed by atoms with E-state index in [0.29, 0.717) is 11.4 Å². The summed E-state index contributed by atoms with van der Waals surface area (Å²) in [6.45, 7) is 2.22. The minimum absolute atomic E-state index is 0.0860. The summed E-state index contributed by atoms with van der Waals surface area (Å²) < 4.78 is 11.7. The zero-order chi connectivity index (χ0) is 27.1. The number of nitrogens with one attached hydrogen (secondary N) is 2. The Morgan fingerprint density at radius 2 is 1.74 bits per heavy atom. The first-order valence-electron chi connectivity index (χ1n) is 13.9. The summed E-state index contributed by atoms with van der Waals surface area (Å²) in [4.78, 5) is 43.3. The topological polar surface area (TPSA) is 97.0 Å². The molecule has 8 heteroatoms. The van der Waals surface area contributed by atoms with Gasteiger partial charge in [-0.25, -0.2) is 0 Å². The van der Waals surface area contributed by atoms with E-state index in [1.807, 2.05) is 67.6 Å². The standard InChI is InChI=1S/C31H35N3O5/c1-19-8-12-22(13-9-19)32-28(35)25-24-16-17-31(39-24)26(25)30(37)34(18-20-10-14-23(38-2)15-11-20)27(31)29(36)33-21-6-4-3-5-7-21/h8-17,21,24-27H,3-7,18H2,1-2H3,(H,32,35)(H,33,36)/t24-,25-,26-,27+,31+/m1/s1. The maximum absolute atomic E-state index is 14.1. The van der Waals surface area contributed by atoms with Gasteiger partial charge in [-0.3, -0.25) is 14.4 Å². The molecule has 1 aliphatic carbocycles. The van der Waals surface area contributed by atoms with Gasteiger partial charge in [-0.15, -0.1) is 0 Å². The number of carbonyl (C=O) groups is 3. The van der Waals surface area contributed by atoms with Crippen LogP contribution in [0.1, 0.15) is 43.2 Å². The molecule has 0 radical (unpaired) electrons. The summed E-state index contributed by atoms with van der Waals surface area (Å²) in [6, 6.07) is 14.2. The van der Waals surface area contributed by atoms with Crippen LogP contribution in [0.5, 0.6) is 5.75 Å². The molecule has 2 aromatic carbocycles. The highest BCUT2D eigenvalue weighted by Gasteiger charge is 2.72. The average molecular weight is 530 g/mol. The molecule has 3 fully saturated rings. The molecule has 5 atom stereocenters. The fraction of sp³-hybridized carbons (Fsp3) is 0.452. The van der Waals surface area contributed by atoms with E-state index in [2.05, 4.69) is 10.6 Å². The highest BCUT2D eigenvalue weighted by molar-refractivity contribution is 6.02. The van der Waals surface area contributed by atoms with Crippen LogP contribution in [0.4, 0.5) is 5.69 Å². The molecule has 3 heterocycles. The number of nitrogens with zero attached hydrogens (tertiary/aromatic N) is 1. The molecular weight excluding hydrogens is 494 g/mol. The van der Waals surface area contributed by atoms with Gasteiger partial charge in [0.05, 0.1) is 25.0 Å². The summed E-state index contributed by atoms with van der Waals surface area (Å²) in [5.41, 5.74) is 1.45. The van der Waals surface area contributed by atoms with Crippen molar-refractivity contribution in [2.24, 2.45) is 11.8 Å². The number of hydrogen-bond acceptors (Lipinski definition) is 5. The number of methoxy groups -OCH3 is 1. The number of hydrogen-bond donors (Lipinski definition) is 2. The van der Waals surface area contributed by atoms with Crippen LogP contribution < -0.4 is 15.4 Å². The minimum atomic E-state index is -1.18. The SMILES string of the molecule is COc1ccc(CN2C(=O)[C@H]3[C@H](C(=O)Nc4ccc(C)cc4)[C@H]4C=C[C@@]3(O4)[C@@H]2C(=O)NC2CCCCC2)cc1. The first kappa shape index (κ1) is 25.6. The van der Waals surface area contributed by atoms with Gasteiger partial charge in [-0.05, 0) is 49.6 Å². The van der Waals surface area contributed by atoms with E-state index in [4.69, 9.17) is 9.47 Å². The van der Waals surface area contributed by atoms with Crippen LogP contribution >= 0.6 is 0 Å². The Balaban J connectivity index is 1.31. The smallest absolute Gasteiger partial charge is 0.246 e. The number of anilines is 1. The van der Waals surface area contributed by atoms with Crippen LogP contribution in [-0.4, -0.2) is 53.5 Å². The van der Waals surface area contributed by atoms with Crippen LogP contribution in [0.3, 0.4) is 0 Å². The highest BCUT2D eigenvalue weighted by Crippen LogP contribution is 2.55. The third kappa shape index (κ3) is 4.50. The first-order chi connectivity index (χ1) is 18.9. The Hall–Kier alpha value is -3.65. The maximum atomic E-state index is 14.1. The Bertz CT molecular complexity index is 1280. The normalized spacial score (nSPS) is 29.4. The van der Waals surface area contributed by atoms with Gasteiger partial charge in [0.25, 0.3) is 0 Å². The molecule has 1 saturated carbocycles. The monoisotopic (exact) mass is 529 g/mol. The summed E-state index contributed by atoms with van der Waals surface area (Å²) in [5.74, 6) is -1.51. The zero-order valence-electron chi connectivity index (χ0n) is 22.4. The summed E-state index contributed by atoms with van der Waals surface area (Å²) in [7, 11) is 1.60. The van der Waals surface area contributed by atoms with Crippen molar-refractivity contribution in [3.05, 3.63) is 71.8 Å². The number of amides is 3. The molecule has 4 aliphatic rings. The van der Waals surface area contributed by atoms with E-state index >= 15 is 0 Å². The number of aryl methyl sites for hydroxylation is 1. The van der Waals surface area contributed by atoms with Gasteiger partial charge in [0, 0.05) is 18.3 Å². The lowest BCUT2D eigenvalue weighted by molar-refractivity contribution is -0.142. The largest absolute Gasteiger partial charge is 0.497 e. The van der Waals surface area contributed by atoms with Gasteiger partial charge in [0.15, 0.2) is 0 Å². The number of benzene rings is 2. The molecule has 3 aliphatic heterocycles. The molecule has 204 valence electrons. The fourth-order valence-corrected chi connectivity index (χ4v) is 6.75. The second kappa shape index (κ2) is 10.2. The van der Waals surface area contributed by atoms with Crippen molar-refractivity contribution in [1.29, 1.82) is 0 Å². The van der Waals surface area contributed by atoms with Gasteiger partial charge in [-0.1, -0.05) is 61.2 Å². The maximum Gasteiger partial charge on any atom is 0.246 e. The third-order valence-corrected chi connectivity index (χ3v) is 8.71. The molecular formula is C31H35N3O5. The van der Waals surface area contributed by atoms with E-state index in [1.54, 1.807) is 12.0 Å². The summed E-state index contributed by atoms with van der Waals surface area (Å²) >= 11 is 0. The predicted octanol–water partition coefficient (Wildman–Crippen LogP) is 3.74. The van der Waals surface area contributed by atoms with E-state index in [0.717, 1.165) is 36.8 Å². The number of likely N-dealkylation sites (tertiary alicyclic amines) is 1. The molecule has 3 amide bonds. The molecule has 2 bridgehead atoms. The predicted molar refractivity (Wildman–Crippen MR) is 146 cm³/mol. The van der Waals surface area contributed by atoms with Gasteiger partial charge in [-0.2, -0.15) is 0 Å². The van der Waals surface area contributed by atoms with Crippen molar-refractivity contribution >= 4 is 23.4 Å². The van der Waals surface area contributed by atoms with E-state index in [1.165, 1.54) is 6.42 Å². The van der Waals surface area contributed by atoms with Gasteiger partial charge < -0.3 is 25.0 Å².